The maximum Gasteiger partial charge on any atom is 0.0663 e. The van der Waals surface area contributed by atoms with Crippen molar-refractivity contribution in [1.29, 1.82) is 0 Å². The predicted octanol–water partition coefficient (Wildman–Crippen LogP) is 3.57. The number of aromatic nitrogens is 1. The minimum Gasteiger partial charge on any atom is -0.278 e. The molecule has 3 nitrogen and oxygen atoms in total. The van der Waals surface area contributed by atoms with E-state index in [-0.39, 0.29) is 0 Å². The molecule has 0 saturated heterocycles. The van der Waals surface area contributed by atoms with Crippen LogP contribution >= 0.6 is 11.6 Å². The Hall–Kier alpha value is -1.87. The second-order valence-electron chi connectivity index (χ2n) is 3.56. The van der Waals surface area contributed by atoms with Crippen LogP contribution in [0.4, 0.5) is 5.69 Å². The molecule has 0 saturated carbocycles. The highest BCUT2D eigenvalue weighted by atomic mass is 35.5. The molecule has 0 bridgehead atoms. The van der Waals surface area contributed by atoms with Gasteiger partial charge in [0.1, 0.15) is 0 Å². The maximum atomic E-state index is 5.80. The van der Waals surface area contributed by atoms with Crippen LogP contribution in [0.15, 0.2) is 53.9 Å². The van der Waals surface area contributed by atoms with E-state index >= 15 is 0 Å². The lowest BCUT2D eigenvalue weighted by atomic mass is 10.2. The fourth-order valence-electron chi connectivity index (χ4n) is 1.31. The molecule has 86 valence electrons. The van der Waals surface area contributed by atoms with Crippen LogP contribution in [0.2, 0.25) is 5.02 Å². The summed E-state index contributed by atoms with van der Waals surface area (Å²) in [5, 5.41) is 4.99. The molecule has 1 heterocycles. The van der Waals surface area contributed by atoms with Gasteiger partial charge in [-0.3, -0.25) is 10.4 Å². The second kappa shape index (κ2) is 5.46. The number of anilines is 1. The van der Waals surface area contributed by atoms with E-state index in [1.165, 1.54) is 0 Å². The fraction of sp³-hybridized carbons (Fsp3) is 0.0769. The van der Waals surface area contributed by atoms with E-state index in [1.54, 1.807) is 12.4 Å². The highest BCUT2D eigenvalue weighted by Crippen LogP contribution is 2.13. The third-order valence-corrected chi connectivity index (χ3v) is 2.53. The van der Waals surface area contributed by atoms with Crippen LogP contribution in [0.25, 0.3) is 0 Å². The summed E-state index contributed by atoms with van der Waals surface area (Å²) >= 11 is 5.80. The Balaban J connectivity index is 2.08. The summed E-state index contributed by atoms with van der Waals surface area (Å²) in [6.45, 7) is 1.93. The Kier molecular flexibility index (Phi) is 3.73. The van der Waals surface area contributed by atoms with Crippen LogP contribution in [0.5, 0.6) is 0 Å². The first-order chi connectivity index (χ1) is 8.25. The number of nitrogens with one attached hydrogen (secondary N) is 1. The Morgan fingerprint density at radius 2 is 2.00 bits per heavy atom. The van der Waals surface area contributed by atoms with E-state index in [1.807, 2.05) is 43.3 Å². The topological polar surface area (TPSA) is 37.3 Å². The lowest BCUT2D eigenvalue weighted by Gasteiger charge is -2.03. The predicted molar refractivity (Wildman–Crippen MR) is 71.5 cm³/mol. The monoisotopic (exact) mass is 245 g/mol. The number of hydrazone groups is 1. The van der Waals surface area contributed by atoms with Crippen molar-refractivity contribution in [3.05, 3.63) is 59.4 Å². The van der Waals surface area contributed by atoms with E-state index in [0.29, 0.717) is 5.02 Å². The molecule has 0 atom stereocenters. The third kappa shape index (κ3) is 3.29. The van der Waals surface area contributed by atoms with Crippen molar-refractivity contribution in [2.75, 3.05) is 5.43 Å². The van der Waals surface area contributed by atoms with E-state index < -0.39 is 0 Å². The molecule has 0 aliphatic rings. The van der Waals surface area contributed by atoms with E-state index in [2.05, 4.69) is 15.5 Å². The van der Waals surface area contributed by atoms with Gasteiger partial charge in [-0.05, 0) is 37.3 Å². The molecular weight excluding hydrogens is 234 g/mol. The van der Waals surface area contributed by atoms with Gasteiger partial charge in [-0.25, -0.2) is 0 Å². The summed E-state index contributed by atoms with van der Waals surface area (Å²) in [6.07, 6.45) is 3.52. The minimum atomic E-state index is 0.712. The standard InChI is InChI=1S/C13H12ClN3/c1-10(11-3-2-8-15-9-11)16-17-13-6-4-12(14)5-7-13/h2-9,17H,1H3/b16-10-. The molecule has 2 rings (SSSR count). The molecule has 0 spiro atoms. The number of nitrogens with zero attached hydrogens (tertiary/aromatic N) is 2. The van der Waals surface area contributed by atoms with Gasteiger partial charge in [0.2, 0.25) is 0 Å². The first-order valence-electron chi connectivity index (χ1n) is 5.22. The summed E-state index contributed by atoms with van der Waals surface area (Å²) in [6, 6.07) is 11.2. The van der Waals surface area contributed by atoms with Crippen molar-refractivity contribution >= 4 is 23.0 Å². The van der Waals surface area contributed by atoms with Gasteiger partial charge in [-0.1, -0.05) is 17.7 Å². The highest BCUT2D eigenvalue weighted by Gasteiger charge is 1.96. The van der Waals surface area contributed by atoms with Gasteiger partial charge in [-0.2, -0.15) is 5.10 Å². The molecule has 0 fully saturated rings. The molecule has 0 amide bonds. The molecule has 4 heteroatoms. The molecule has 2 aromatic rings. The zero-order valence-corrected chi connectivity index (χ0v) is 10.1. The molecule has 0 radical (unpaired) electrons. The number of hydrogen-bond acceptors (Lipinski definition) is 3. The molecule has 17 heavy (non-hydrogen) atoms. The van der Waals surface area contributed by atoms with Gasteiger partial charge in [0, 0.05) is 23.0 Å². The maximum absolute atomic E-state index is 5.80. The van der Waals surface area contributed by atoms with Crippen LogP contribution in [-0.4, -0.2) is 10.7 Å². The Labute approximate surface area is 105 Å². The summed E-state index contributed by atoms with van der Waals surface area (Å²) in [7, 11) is 0. The molecular formula is C13H12ClN3. The van der Waals surface area contributed by atoms with E-state index in [0.717, 1.165) is 17.0 Å². The summed E-state index contributed by atoms with van der Waals surface area (Å²) < 4.78 is 0. The van der Waals surface area contributed by atoms with Crippen LogP contribution in [0, 0.1) is 0 Å². The molecule has 1 N–H and O–H groups in total. The van der Waals surface area contributed by atoms with Crippen LogP contribution in [0.3, 0.4) is 0 Å². The Morgan fingerprint density at radius 1 is 1.24 bits per heavy atom. The number of benzene rings is 1. The second-order valence-corrected chi connectivity index (χ2v) is 3.99. The SMILES string of the molecule is C/C(=N/Nc1ccc(Cl)cc1)c1cccnc1. The van der Waals surface area contributed by atoms with E-state index in [4.69, 9.17) is 11.6 Å². The van der Waals surface area contributed by atoms with Crippen molar-refractivity contribution in [2.45, 2.75) is 6.92 Å². The summed E-state index contributed by atoms with van der Waals surface area (Å²) in [5.41, 5.74) is 5.75. The average molecular weight is 246 g/mol. The highest BCUT2D eigenvalue weighted by molar-refractivity contribution is 6.30. The Bertz CT molecular complexity index is 506. The zero-order chi connectivity index (χ0) is 12.1. The first kappa shape index (κ1) is 11.6. The fourth-order valence-corrected chi connectivity index (χ4v) is 1.44. The molecule has 1 aromatic carbocycles. The number of rotatable bonds is 3. The van der Waals surface area contributed by atoms with Gasteiger partial charge in [-0.15, -0.1) is 0 Å². The Morgan fingerprint density at radius 3 is 2.65 bits per heavy atom. The van der Waals surface area contributed by atoms with Crippen molar-refractivity contribution in [1.82, 2.24) is 4.98 Å². The van der Waals surface area contributed by atoms with Gasteiger partial charge in [0.25, 0.3) is 0 Å². The number of hydrogen-bond donors (Lipinski definition) is 1. The minimum absolute atomic E-state index is 0.712. The molecule has 1 aromatic heterocycles. The quantitative estimate of drug-likeness (QED) is 0.663. The van der Waals surface area contributed by atoms with Crippen molar-refractivity contribution in [2.24, 2.45) is 5.10 Å². The van der Waals surface area contributed by atoms with Crippen LogP contribution in [-0.2, 0) is 0 Å². The van der Waals surface area contributed by atoms with Crippen molar-refractivity contribution < 1.29 is 0 Å². The smallest absolute Gasteiger partial charge is 0.0663 e. The summed E-state index contributed by atoms with van der Waals surface area (Å²) in [4.78, 5) is 4.05. The van der Waals surface area contributed by atoms with Gasteiger partial charge >= 0.3 is 0 Å². The summed E-state index contributed by atoms with van der Waals surface area (Å²) in [5.74, 6) is 0. The van der Waals surface area contributed by atoms with Crippen molar-refractivity contribution in [3.8, 4) is 0 Å². The lowest BCUT2D eigenvalue weighted by molar-refractivity contribution is 1.28. The van der Waals surface area contributed by atoms with E-state index in [9.17, 15) is 0 Å². The molecule has 0 aliphatic heterocycles. The zero-order valence-electron chi connectivity index (χ0n) is 9.39. The third-order valence-electron chi connectivity index (χ3n) is 2.28. The van der Waals surface area contributed by atoms with Crippen molar-refractivity contribution in [3.63, 3.8) is 0 Å². The first-order valence-corrected chi connectivity index (χ1v) is 5.60. The van der Waals surface area contributed by atoms with Gasteiger partial charge in [0.05, 0.1) is 11.4 Å². The average Bonchev–Trinajstić information content (AvgIpc) is 2.39. The molecule has 0 aliphatic carbocycles. The van der Waals surface area contributed by atoms with Gasteiger partial charge < -0.3 is 0 Å². The number of halogens is 1. The van der Waals surface area contributed by atoms with Gasteiger partial charge in [0.15, 0.2) is 0 Å². The van der Waals surface area contributed by atoms with Crippen LogP contribution < -0.4 is 5.43 Å². The normalized spacial score (nSPS) is 11.3. The number of pyridine rings is 1. The lowest BCUT2D eigenvalue weighted by Crippen LogP contribution is -1.99. The largest absolute Gasteiger partial charge is 0.278 e. The molecule has 0 unspecified atom stereocenters. The van der Waals surface area contributed by atoms with Crippen LogP contribution in [0.1, 0.15) is 12.5 Å².